The van der Waals surface area contributed by atoms with Crippen LogP contribution in [0.1, 0.15) is 19.4 Å². The van der Waals surface area contributed by atoms with E-state index in [1.54, 1.807) is 0 Å². The van der Waals surface area contributed by atoms with E-state index in [0.717, 1.165) is 0 Å². The van der Waals surface area contributed by atoms with E-state index >= 15 is 0 Å². The molecule has 0 atom stereocenters. The van der Waals surface area contributed by atoms with Crippen molar-refractivity contribution in [3.05, 3.63) is 35.9 Å². The quantitative estimate of drug-likeness (QED) is 0.682. The van der Waals surface area contributed by atoms with E-state index in [1.807, 2.05) is 0 Å². The van der Waals surface area contributed by atoms with Gasteiger partial charge in [-0.05, 0) is 19.4 Å². The van der Waals surface area contributed by atoms with E-state index in [1.165, 1.54) is 5.56 Å². The van der Waals surface area contributed by atoms with Crippen LogP contribution in [-0.4, -0.2) is 7.22 Å². The molecular weight excluding hydrogens is 204 g/mol. The average Bonchev–Trinajstić information content (AvgIpc) is 2.01. The van der Waals surface area contributed by atoms with Gasteiger partial charge >= 0.3 is 0 Å². The van der Waals surface area contributed by atoms with Gasteiger partial charge in [0.2, 0.25) is 0 Å². The van der Waals surface area contributed by atoms with Gasteiger partial charge in [-0.3, -0.25) is 0 Å². The molecule has 1 aromatic rings. The maximum Gasteiger partial charge on any atom is 0.109 e. The molecule has 0 nitrogen and oxygen atoms in total. The molecule has 1 aromatic carbocycles. The summed E-state index contributed by atoms with van der Waals surface area (Å²) in [6.45, 7) is 11.9. The third-order valence-electron chi connectivity index (χ3n) is 2.03. The molecule has 0 amide bonds. The Hall–Kier alpha value is -0.213. The van der Waals surface area contributed by atoms with E-state index in [9.17, 15) is 0 Å². The van der Waals surface area contributed by atoms with Crippen LogP contribution >= 0.6 is 11.2 Å². The normalized spacial score (nSPS) is 12.9. The summed E-state index contributed by atoms with van der Waals surface area (Å²) in [4.78, 5) is 0. The highest BCUT2D eigenvalue weighted by Gasteiger charge is 2.28. The topological polar surface area (TPSA) is 0 Å². The Balaban J connectivity index is 2.86. The fourth-order valence-electron chi connectivity index (χ4n) is 1.66. The van der Waals surface area contributed by atoms with E-state index < -0.39 is 7.22 Å². The van der Waals surface area contributed by atoms with Crippen LogP contribution < -0.4 is 0 Å². The molecule has 14 heavy (non-hydrogen) atoms. The molecule has 0 aliphatic rings. The second-order valence-corrected chi connectivity index (χ2v) is 14.8. The zero-order valence-corrected chi connectivity index (χ0v) is 11.6. The fourth-order valence-corrected chi connectivity index (χ4v) is 8.40. The van der Waals surface area contributed by atoms with Gasteiger partial charge < -0.3 is 0 Å². The Morgan fingerprint density at radius 3 is 1.93 bits per heavy atom. The smallest absolute Gasteiger partial charge is 0.109 e. The lowest BCUT2D eigenvalue weighted by molar-refractivity contribution is 0.788. The van der Waals surface area contributed by atoms with Gasteiger partial charge in [-0.25, -0.2) is 0 Å². The lowest BCUT2D eigenvalue weighted by atomic mass is 10.0. The molecule has 0 heterocycles. The third kappa shape index (κ3) is 3.50. The first-order chi connectivity index (χ1) is 6.31. The van der Waals surface area contributed by atoms with Gasteiger partial charge in [0.15, 0.2) is 0 Å². The minimum Gasteiger partial charge on any atom is -0.175 e. The van der Waals surface area contributed by atoms with Crippen LogP contribution in [0.25, 0.3) is 0 Å². The Morgan fingerprint density at radius 2 is 1.50 bits per heavy atom. The first-order valence-electron chi connectivity index (χ1n) is 5.07. The monoisotopic (exact) mass is 224 g/mol. The number of benzene rings is 1. The van der Waals surface area contributed by atoms with Crippen LogP contribution in [0, 0.1) is 0 Å². The predicted octanol–water partition coefficient (Wildman–Crippen LogP) is 4.49. The summed E-state index contributed by atoms with van der Waals surface area (Å²) < 4.78 is 0.256. The fraction of sp³-hybridized carbons (Fsp3) is 0.500. The Morgan fingerprint density at radius 1 is 1.00 bits per heavy atom. The Labute approximate surface area is 92.8 Å². The van der Waals surface area contributed by atoms with Crippen LogP contribution in [0.2, 0.25) is 19.6 Å². The van der Waals surface area contributed by atoms with Crippen LogP contribution in [-0.2, 0) is 4.75 Å². The number of hydrogen-bond acceptors (Lipinski definition) is 1. The van der Waals surface area contributed by atoms with E-state index in [2.05, 4.69) is 75.0 Å². The van der Waals surface area contributed by atoms with Crippen molar-refractivity contribution in [3.8, 4) is 0 Å². The molecule has 0 unspecified atom stereocenters. The summed E-state index contributed by atoms with van der Waals surface area (Å²) in [5.74, 6) is 0. The lowest BCUT2D eigenvalue weighted by Gasteiger charge is -2.31. The van der Waals surface area contributed by atoms with Crippen molar-refractivity contribution in [2.24, 2.45) is 0 Å². The van der Waals surface area contributed by atoms with Crippen molar-refractivity contribution in [3.63, 3.8) is 0 Å². The molecule has 0 saturated carbocycles. The molecule has 1 rings (SSSR count). The maximum atomic E-state index is 2.41. The van der Waals surface area contributed by atoms with Crippen molar-refractivity contribution in [1.29, 1.82) is 0 Å². The van der Waals surface area contributed by atoms with Gasteiger partial charge in [-0.2, -0.15) is 11.2 Å². The summed E-state index contributed by atoms with van der Waals surface area (Å²) in [6, 6.07) is 10.8. The predicted molar refractivity (Wildman–Crippen MR) is 70.4 cm³/mol. The molecule has 0 aromatic heterocycles. The zero-order valence-electron chi connectivity index (χ0n) is 9.79. The molecule has 0 saturated heterocycles. The highest BCUT2D eigenvalue weighted by atomic mass is 32.4. The molecule has 2 heteroatoms. The van der Waals surface area contributed by atoms with Crippen molar-refractivity contribution in [2.75, 3.05) is 0 Å². The molecule has 0 aliphatic heterocycles. The molecular formula is C12H20SSi. The van der Waals surface area contributed by atoms with E-state index in [-0.39, 0.29) is 4.75 Å². The second-order valence-electron chi connectivity index (χ2n) is 5.09. The third-order valence-corrected chi connectivity index (χ3v) is 6.76. The maximum absolute atomic E-state index is 2.41. The molecule has 0 fully saturated rings. The molecule has 0 spiro atoms. The van der Waals surface area contributed by atoms with E-state index in [4.69, 9.17) is 0 Å². The highest BCUT2D eigenvalue weighted by molar-refractivity contribution is 8.29. The minimum absolute atomic E-state index is 0.256. The van der Waals surface area contributed by atoms with Gasteiger partial charge in [0, 0.05) is 4.75 Å². The molecule has 0 aliphatic carbocycles. The number of hydrogen-bond donors (Lipinski definition) is 0. The highest BCUT2D eigenvalue weighted by Crippen LogP contribution is 2.41. The van der Waals surface area contributed by atoms with Gasteiger partial charge in [0.05, 0.1) is 0 Å². The largest absolute Gasteiger partial charge is 0.175 e. The molecule has 0 bridgehead atoms. The van der Waals surface area contributed by atoms with Crippen LogP contribution in [0.5, 0.6) is 0 Å². The summed E-state index contributed by atoms with van der Waals surface area (Å²) in [6.07, 6.45) is 0. The zero-order chi connectivity index (χ0) is 10.8. The average molecular weight is 224 g/mol. The van der Waals surface area contributed by atoms with Crippen molar-refractivity contribution in [1.82, 2.24) is 0 Å². The van der Waals surface area contributed by atoms with Gasteiger partial charge in [-0.15, -0.1) is 0 Å². The van der Waals surface area contributed by atoms with Crippen LogP contribution in [0.3, 0.4) is 0 Å². The summed E-state index contributed by atoms with van der Waals surface area (Å²) in [5, 5.41) is 0. The van der Waals surface area contributed by atoms with Crippen molar-refractivity contribution in [2.45, 2.75) is 38.2 Å². The molecule has 0 N–H and O–H groups in total. The van der Waals surface area contributed by atoms with Crippen molar-refractivity contribution >= 4 is 18.4 Å². The van der Waals surface area contributed by atoms with E-state index in [0.29, 0.717) is 0 Å². The minimum atomic E-state index is -1.06. The van der Waals surface area contributed by atoms with Gasteiger partial charge in [-0.1, -0.05) is 50.0 Å². The van der Waals surface area contributed by atoms with Gasteiger partial charge in [0.25, 0.3) is 0 Å². The lowest BCUT2D eigenvalue weighted by Crippen LogP contribution is -2.25. The van der Waals surface area contributed by atoms with Crippen LogP contribution in [0.4, 0.5) is 0 Å². The standard InChI is InChI=1S/C12H20SSi/c1-12(2,13-14(3,4)5)11-9-7-6-8-10-11/h6-10H,1-5H3. The molecule has 0 radical (unpaired) electrons. The summed E-state index contributed by atoms with van der Waals surface area (Å²) >= 11 is 2.15. The second kappa shape index (κ2) is 4.11. The number of rotatable bonds is 3. The van der Waals surface area contributed by atoms with Gasteiger partial charge in [0.1, 0.15) is 7.22 Å². The van der Waals surface area contributed by atoms with Crippen LogP contribution in [0.15, 0.2) is 30.3 Å². The Kier molecular flexibility index (Phi) is 3.48. The SMILES string of the molecule is CC(C)(S[Si](C)(C)C)c1ccccc1. The molecule has 78 valence electrons. The first kappa shape index (κ1) is 11.9. The summed E-state index contributed by atoms with van der Waals surface area (Å²) in [5.41, 5.74) is 1.44. The van der Waals surface area contributed by atoms with Crippen molar-refractivity contribution < 1.29 is 0 Å². The Bertz CT molecular complexity index is 285. The summed E-state index contributed by atoms with van der Waals surface area (Å²) in [7, 11) is -1.06. The first-order valence-corrected chi connectivity index (χ1v) is 10.1.